The van der Waals surface area contributed by atoms with Crippen molar-refractivity contribution in [2.24, 2.45) is 0 Å². The van der Waals surface area contributed by atoms with E-state index in [1.54, 1.807) is 7.11 Å². The van der Waals surface area contributed by atoms with Gasteiger partial charge in [0.25, 0.3) is 0 Å². The summed E-state index contributed by atoms with van der Waals surface area (Å²) in [5.74, 6) is -0.476. The first-order valence-electron chi connectivity index (χ1n) is 8.51. The molecule has 1 saturated heterocycles. The lowest BCUT2D eigenvalue weighted by Crippen LogP contribution is -2.32. The topological polar surface area (TPSA) is 77.4 Å². The first kappa shape index (κ1) is 24.2. The Hall–Kier alpha value is -0.760. The molecule has 0 aromatic rings. The highest BCUT2D eigenvalue weighted by molar-refractivity contribution is 4.94. The summed E-state index contributed by atoms with van der Waals surface area (Å²) in [6.07, 6.45) is 0.328. The molecule has 1 fully saturated rings. The van der Waals surface area contributed by atoms with Gasteiger partial charge in [0.1, 0.15) is 12.2 Å². The quantitative estimate of drug-likeness (QED) is 0.615. The van der Waals surface area contributed by atoms with Crippen molar-refractivity contribution in [2.45, 2.75) is 70.7 Å². The Morgan fingerprint density at radius 2 is 1.72 bits per heavy atom. The molecule has 0 aromatic heterocycles. The van der Waals surface area contributed by atoms with Crippen LogP contribution in [0.2, 0.25) is 0 Å². The molecule has 1 aliphatic rings. The molecule has 6 nitrogen and oxygen atoms in total. The molecule has 0 unspecified atom stereocenters. The predicted octanol–water partition coefficient (Wildman–Crippen LogP) is 2.44. The summed E-state index contributed by atoms with van der Waals surface area (Å²) >= 11 is 0. The van der Waals surface area contributed by atoms with Gasteiger partial charge in [-0.15, -0.1) is 13.2 Å². The van der Waals surface area contributed by atoms with Gasteiger partial charge in [-0.05, 0) is 40.5 Å². The maximum atomic E-state index is 9.15. The molecule has 2 N–H and O–H groups in total. The Morgan fingerprint density at radius 1 is 1.16 bits per heavy atom. The minimum Gasteiger partial charge on any atom is -0.394 e. The fourth-order valence-electron chi connectivity index (χ4n) is 2.45. The van der Waals surface area contributed by atoms with Crippen LogP contribution in [0.3, 0.4) is 0 Å². The minimum absolute atomic E-state index is 0.0201. The zero-order valence-corrected chi connectivity index (χ0v) is 16.6. The molecule has 0 bridgehead atoms. The predicted molar refractivity (Wildman–Crippen MR) is 98.5 cm³/mol. The van der Waals surface area contributed by atoms with Crippen molar-refractivity contribution < 1.29 is 29.2 Å². The van der Waals surface area contributed by atoms with E-state index in [4.69, 9.17) is 29.2 Å². The lowest BCUT2D eigenvalue weighted by Gasteiger charge is -2.23. The maximum Gasteiger partial charge on any atom is 0.163 e. The van der Waals surface area contributed by atoms with Crippen LogP contribution in [0.15, 0.2) is 24.3 Å². The van der Waals surface area contributed by atoms with Gasteiger partial charge < -0.3 is 29.2 Å². The Bertz CT molecular complexity index is 407. The second-order valence-electron chi connectivity index (χ2n) is 6.99. The van der Waals surface area contributed by atoms with Gasteiger partial charge in [0.15, 0.2) is 5.79 Å². The van der Waals surface area contributed by atoms with E-state index in [1.165, 1.54) is 7.11 Å². The van der Waals surface area contributed by atoms with E-state index in [0.29, 0.717) is 13.0 Å². The number of aliphatic hydroxyl groups is 2. The summed E-state index contributed by atoms with van der Waals surface area (Å²) < 4.78 is 21.5. The summed E-state index contributed by atoms with van der Waals surface area (Å²) in [7, 11) is 3.20. The molecule has 0 amide bonds. The van der Waals surface area contributed by atoms with Gasteiger partial charge in [0, 0.05) is 14.2 Å². The number of hydrogen-bond donors (Lipinski definition) is 2. The van der Waals surface area contributed by atoms with Gasteiger partial charge in [-0.3, -0.25) is 0 Å². The zero-order chi connectivity index (χ0) is 19.6. The average Bonchev–Trinajstić information content (AvgIpc) is 2.89. The van der Waals surface area contributed by atoms with E-state index in [1.807, 2.05) is 27.7 Å². The third-order valence-corrected chi connectivity index (χ3v) is 3.77. The second kappa shape index (κ2) is 11.8. The molecular weight excluding hydrogens is 324 g/mol. The van der Waals surface area contributed by atoms with Crippen LogP contribution in [-0.2, 0) is 18.9 Å². The molecule has 0 saturated carbocycles. The van der Waals surface area contributed by atoms with Crippen molar-refractivity contribution in [2.75, 3.05) is 27.4 Å². The second-order valence-corrected chi connectivity index (χ2v) is 6.99. The fraction of sp³-hybridized carbons (Fsp3) is 0.789. The van der Waals surface area contributed by atoms with Gasteiger partial charge in [-0.25, -0.2) is 0 Å². The third kappa shape index (κ3) is 10.1. The number of ether oxygens (including phenoxy) is 4. The number of methoxy groups -OCH3 is 2. The summed E-state index contributed by atoms with van der Waals surface area (Å²) in [5.41, 5.74) is 2.04. The summed E-state index contributed by atoms with van der Waals surface area (Å²) in [5, 5.41) is 17.7. The largest absolute Gasteiger partial charge is 0.394 e. The highest BCUT2D eigenvalue weighted by Gasteiger charge is 2.37. The highest BCUT2D eigenvalue weighted by Crippen LogP contribution is 2.27. The smallest absolute Gasteiger partial charge is 0.163 e. The van der Waals surface area contributed by atoms with Crippen molar-refractivity contribution >= 4 is 0 Å². The van der Waals surface area contributed by atoms with Gasteiger partial charge in [0.2, 0.25) is 0 Å². The maximum absolute atomic E-state index is 9.15. The van der Waals surface area contributed by atoms with E-state index < -0.39 is 11.9 Å². The summed E-state index contributed by atoms with van der Waals surface area (Å²) in [6, 6.07) is 0. The highest BCUT2D eigenvalue weighted by atomic mass is 16.7. The van der Waals surface area contributed by atoms with E-state index in [9.17, 15) is 0 Å². The van der Waals surface area contributed by atoms with Crippen molar-refractivity contribution in [3.05, 3.63) is 24.3 Å². The third-order valence-electron chi connectivity index (χ3n) is 3.77. The standard InChI is InChI=1S/C11H20O3.C8H16O3/c1-8(2)6-9(12-5)10-7-13-11(3,4)14-10;1-6(2)4-8(11-3)7(10)5-9/h9-10H,1,6-7H2,2-5H3;7-10H,1,4-5H2,2-3H3/t9-,10+;7-,8+/m01/s1. The van der Waals surface area contributed by atoms with Crippen LogP contribution in [0.1, 0.15) is 40.5 Å². The Balaban J connectivity index is 0.000000477. The van der Waals surface area contributed by atoms with Crippen molar-refractivity contribution in [1.29, 1.82) is 0 Å². The first-order chi connectivity index (χ1) is 11.6. The average molecular weight is 360 g/mol. The van der Waals surface area contributed by atoms with Crippen LogP contribution in [0.4, 0.5) is 0 Å². The van der Waals surface area contributed by atoms with E-state index >= 15 is 0 Å². The van der Waals surface area contributed by atoms with Crippen LogP contribution in [0, 0.1) is 0 Å². The molecular formula is C19H36O6. The summed E-state index contributed by atoms with van der Waals surface area (Å²) in [4.78, 5) is 0. The van der Waals surface area contributed by atoms with Crippen LogP contribution in [0.25, 0.3) is 0 Å². The van der Waals surface area contributed by atoms with E-state index in [-0.39, 0.29) is 24.9 Å². The molecule has 6 heteroatoms. The van der Waals surface area contributed by atoms with Crippen LogP contribution in [-0.4, -0.2) is 67.8 Å². The number of rotatable bonds is 9. The summed E-state index contributed by atoms with van der Waals surface area (Å²) in [6.45, 7) is 15.6. The SMILES string of the molecule is C=C(C)C[C@H](OC)[C@H](O)CO.C=C(C)C[C@H](OC)[C@H]1COC(C)(C)O1. The van der Waals surface area contributed by atoms with Crippen molar-refractivity contribution in [3.8, 4) is 0 Å². The van der Waals surface area contributed by atoms with Crippen LogP contribution < -0.4 is 0 Å². The lowest BCUT2D eigenvalue weighted by atomic mass is 10.1. The molecule has 0 radical (unpaired) electrons. The molecule has 148 valence electrons. The van der Waals surface area contributed by atoms with E-state index in [2.05, 4.69) is 13.2 Å². The fourth-order valence-corrected chi connectivity index (χ4v) is 2.45. The normalized spacial score (nSPS) is 22.5. The number of aliphatic hydroxyl groups excluding tert-OH is 2. The molecule has 1 heterocycles. The van der Waals surface area contributed by atoms with Crippen molar-refractivity contribution in [1.82, 2.24) is 0 Å². The van der Waals surface area contributed by atoms with Gasteiger partial charge >= 0.3 is 0 Å². The Morgan fingerprint density at radius 3 is 2.04 bits per heavy atom. The van der Waals surface area contributed by atoms with Crippen molar-refractivity contribution in [3.63, 3.8) is 0 Å². The molecule has 1 aliphatic heterocycles. The Labute approximate surface area is 152 Å². The lowest BCUT2D eigenvalue weighted by molar-refractivity contribution is -0.153. The van der Waals surface area contributed by atoms with Crippen LogP contribution >= 0.6 is 0 Å². The van der Waals surface area contributed by atoms with Gasteiger partial charge in [-0.1, -0.05) is 11.1 Å². The van der Waals surface area contributed by atoms with E-state index in [0.717, 1.165) is 17.6 Å². The van der Waals surface area contributed by atoms with Gasteiger partial charge in [0.05, 0.1) is 25.4 Å². The molecule has 0 aromatic carbocycles. The van der Waals surface area contributed by atoms with Crippen LogP contribution in [0.5, 0.6) is 0 Å². The first-order valence-corrected chi connectivity index (χ1v) is 8.51. The Kier molecular flexibility index (Phi) is 11.4. The van der Waals surface area contributed by atoms with Gasteiger partial charge in [-0.2, -0.15) is 0 Å². The molecule has 25 heavy (non-hydrogen) atoms. The minimum atomic E-state index is -0.809. The molecule has 0 aliphatic carbocycles. The zero-order valence-electron chi connectivity index (χ0n) is 16.6. The molecule has 1 rings (SSSR count). The molecule has 4 atom stereocenters. The number of hydrogen-bond acceptors (Lipinski definition) is 6. The molecule has 0 spiro atoms. The monoisotopic (exact) mass is 360 g/mol.